The molecule has 5 nitrogen and oxygen atoms in total. The Kier molecular flexibility index (Phi) is 4.48. The fourth-order valence-electron chi connectivity index (χ4n) is 3.93. The first-order valence-electron chi connectivity index (χ1n) is 8.82. The van der Waals surface area contributed by atoms with Crippen LogP contribution in [0.4, 0.5) is 0 Å². The highest BCUT2D eigenvalue weighted by molar-refractivity contribution is 7.99. The van der Waals surface area contributed by atoms with Crippen LogP contribution in [0.2, 0.25) is 0 Å². The van der Waals surface area contributed by atoms with Gasteiger partial charge in [-0.15, -0.1) is 0 Å². The summed E-state index contributed by atoms with van der Waals surface area (Å²) >= 11 is 1.90. The van der Waals surface area contributed by atoms with E-state index in [1.54, 1.807) is 6.20 Å². The molecule has 1 aromatic rings. The lowest BCUT2D eigenvalue weighted by Gasteiger charge is -2.32. The minimum absolute atomic E-state index is 0.0412. The van der Waals surface area contributed by atoms with Gasteiger partial charge in [0.05, 0.1) is 0 Å². The number of likely N-dealkylation sites (tertiary alicyclic amines) is 1. The van der Waals surface area contributed by atoms with Gasteiger partial charge in [0.25, 0.3) is 0 Å². The first-order chi connectivity index (χ1) is 11.8. The van der Waals surface area contributed by atoms with Crippen molar-refractivity contribution in [3.8, 4) is 0 Å². The number of pyridine rings is 1. The summed E-state index contributed by atoms with van der Waals surface area (Å²) < 4.78 is 0. The second-order valence-electron chi connectivity index (χ2n) is 6.86. The van der Waals surface area contributed by atoms with Crippen LogP contribution in [0.15, 0.2) is 24.5 Å². The highest BCUT2D eigenvalue weighted by Gasteiger charge is 2.49. The van der Waals surface area contributed by atoms with E-state index >= 15 is 0 Å². The van der Waals surface area contributed by atoms with Crippen LogP contribution in [-0.2, 0) is 9.59 Å². The minimum Gasteiger partial charge on any atom is -0.339 e. The maximum Gasteiger partial charge on any atom is 0.245 e. The van der Waals surface area contributed by atoms with Gasteiger partial charge in [0.1, 0.15) is 6.04 Å². The van der Waals surface area contributed by atoms with Gasteiger partial charge < -0.3 is 9.80 Å². The second kappa shape index (κ2) is 6.75. The van der Waals surface area contributed by atoms with E-state index in [1.807, 2.05) is 39.9 Å². The van der Waals surface area contributed by atoms with E-state index in [-0.39, 0.29) is 29.7 Å². The summed E-state index contributed by atoms with van der Waals surface area (Å²) in [5.74, 6) is 2.69. The Labute approximate surface area is 146 Å². The molecule has 128 valence electrons. The van der Waals surface area contributed by atoms with E-state index in [0.29, 0.717) is 0 Å². The minimum atomic E-state index is -0.226. The molecule has 0 unspecified atom stereocenters. The summed E-state index contributed by atoms with van der Waals surface area (Å²) in [5, 5.41) is 0. The van der Waals surface area contributed by atoms with Crippen LogP contribution in [0.1, 0.15) is 30.7 Å². The normalized spacial score (nSPS) is 29.6. The molecule has 0 bridgehead atoms. The molecule has 24 heavy (non-hydrogen) atoms. The summed E-state index contributed by atoms with van der Waals surface area (Å²) in [6.07, 6.45) is 6.26. The fourth-order valence-corrected chi connectivity index (χ4v) is 4.83. The van der Waals surface area contributed by atoms with E-state index in [0.717, 1.165) is 56.0 Å². The molecule has 3 atom stereocenters. The van der Waals surface area contributed by atoms with Crippen LogP contribution in [0.5, 0.6) is 0 Å². The SMILES string of the molecule is O=C([C@@H]1CCCN1C(=O)[C@@H]1C[C@@H]1c1cccnc1)N1CCSCC1. The van der Waals surface area contributed by atoms with Gasteiger partial charge >= 0.3 is 0 Å². The third-order valence-electron chi connectivity index (χ3n) is 5.36. The average molecular weight is 345 g/mol. The van der Waals surface area contributed by atoms with Crippen molar-refractivity contribution in [2.24, 2.45) is 5.92 Å². The fraction of sp³-hybridized carbons (Fsp3) is 0.611. The molecular weight excluding hydrogens is 322 g/mol. The van der Waals surface area contributed by atoms with Crippen molar-refractivity contribution in [1.82, 2.24) is 14.8 Å². The van der Waals surface area contributed by atoms with E-state index in [2.05, 4.69) is 4.98 Å². The maximum absolute atomic E-state index is 12.9. The van der Waals surface area contributed by atoms with Crippen molar-refractivity contribution in [3.05, 3.63) is 30.1 Å². The Morgan fingerprint density at radius 1 is 1.17 bits per heavy atom. The van der Waals surface area contributed by atoms with E-state index in [9.17, 15) is 9.59 Å². The van der Waals surface area contributed by atoms with Crippen molar-refractivity contribution in [3.63, 3.8) is 0 Å². The molecule has 0 radical (unpaired) electrons. The molecule has 1 aromatic heterocycles. The highest BCUT2D eigenvalue weighted by Crippen LogP contribution is 2.48. The molecule has 1 aliphatic carbocycles. The average Bonchev–Trinajstić information content (AvgIpc) is 3.30. The molecule has 3 heterocycles. The third-order valence-corrected chi connectivity index (χ3v) is 6.31. The number of thioether (sulfide) groups is 1. The number of carbonyl (C=O) groups is 2. The zero-order chi connectivity index (χ0) is 16.5. The van der Waals surface area contributed by atoms with Gasteiger partial charge in [-0.3, -0.25) is 14.6 Å². The predicted octanol–water partition coefficient (Wildman–Crippen LogP) is 1.75. The zero-order valence-electron chi connectivity index (χ0n) is 13.8. The molecule has 0 aromatic carbocycles. The van der Waals surface area contributed by atoms with Crippen LogP contribution >= 0.6 is 11.8 Å². The lowest BCUT2D eigenvalue weighted by Crippen LogP contribution is -2.50. The number of nitrogens with zero attached hydrogens (tertiary/aromatic N) is 3. The molecule has 3 aliphatic rings. The van der Waals surface area contributed by atoms with Gasteiger partial charge in [0, 0.05) is 49.5 Å². The molecule has 6 heteroatoms. The Morgan fingerprint density at radius 3 is 2.75 bits per heavy atom. The third kappa shape index (κ3) is 3.04. The Bertz CT molecular complexity index is 618. The van der Waals surface area contributed by atoms with E-state index < -0.39 is 0 Å². The smallest absolute Gasteiger partial charge is 0.245 e. The summed E-state index contributed by atoms with van der Waals surface area (Å²) in [4.78, 5) is 33.7. The Balaban J connectivity index is 1.41. The molecule has 2 amide bonds. The van der Waals surface area contributed by atoms with Gasteiger partial charge in [-0.2, -0.15) is 11.8 Å². The van der Waals surface area contributed by atoms with Gasteiger partial charge in [-0.05, 0) is 36.8 Å². The van der Waals surface area contributed by atoms with Crippen molar-refractivity contribution in [1.29, 1.82) is 0 Å². The number of carbonyl (C=O) groups excluding carboxylic acids is 2. The van der Waals surface area contributed by atoms with Crippen LogP contribution in [0, 0.1) is 5.92 Å². The van der Waals surface area contributed by atoms with Crippen molar-refractivity contribution in [2.75, 3.05) is 31.1 Å². The molecule has 4 rings (SSSR count). The van der Waals surface area contributed by atoms with Gasteiger partial charge in [0.2, 0.25) is 11.8 Å². The predicted molar refractivity (Wildman–Crippen MR) is 93.7 cm³/mol. The first kappa shape index (κ1) is 15.9. The largest absolute Gasteiger partial charge is 0.339 e. The summed E-state index contributed by atoms with van der Waals surface area (Å²) in [6.45, 7) is 2.38. The number of hydrogen-bond acceptors (Lipinski definition) is 4. The number of hydrogen-bond donors (Lipinski definition) is 0. The number of rotatable bonds is 3. The molecule has 2 aliphatic heterocycles. The van der Waals surface area contributed by atoms with Crippen molar-refractivity contribution in [2.45, 2.75) is 31.2 Å². The maximum atomic E-state index is 12.9. The zero-order valence-corrected chi connectivity index (χ0v) is 14.6. The highest BCUT2D eigenvalue weighted by atomic mass is 32.2. The van der Waals surface area contributed by atoms with Crippen LogP contribution in [-0.4, -0.2) is 63.8 Å². The summed E-state index contributed by atoms with van der Waals surface area (Å²) in [6, 6.07) is 3.74. The standard InChI is InChI=1S/C18H23N3O2S/c22-17(15-11-14(15)13-3-1-5-19-12-13)21-6-2-4-16(21)18(23)20-7-9-24-10-8-20/h1,3,5,12,14-16H,2,4,6-11H2/t14-,15-,16+/m1/s1. The molecule has 0 spiro atoms. The molecule has 3 fully saturated rings. The van der Waals surface area contributed by atoms with Gasteiger partial charge in [-0.1, -0.05) is 6.07 Å². The first-order valence-corrected chi connectivity index (χ1v) is 9.98. The lowest BCUT2D eigenvalue weighted by atomic mass is 10.1. The van der Waals surface area contributed by atoms with Gasteiger partial charge in [0.15, 0.2) is 0 Å². The molecule has 0 N–H and O–H groups in total. The summed E-state index contributed by atoms with van der Waals surface area (Å²) in [7, 11) is 0. The van der Waals surface area contributed by atoms with Crippen molar-refractivity contribution >= 4 is 23.6 Å². The molecule has 2 saturated heterocycles. The lowest BCUT2D eigenvalue weighted by molar-refractivity contribution is -0.144. The Hall–Kier alpha value is -1.56. The van der Waals surface area contributed by atoms with Crippen molar-refractivity contribution < 1.29 is 9.59 Å². The molecule has 1 saturated carbocycles. The quantitative estimate of drug-likeness (QED) is 0.838. The van der Waals surface area contributed by atoms with Crippen LogP contribution < -0.4 is 0 Å². The number of aromatic nitrogens is 1. The van der Waals surface area contributed by atoms with E-state index in [4.69, 9.17) is 0 Å². The monoisotopic (exact) mass is 345 g/mol. The van der Waals surface area contributed by atoms with E-state index in [1.165, 1.54) is 0 Å². The van der Waals surface area contributed by atoms with Crippen LogP contribution in [0.25, 0.3) is 0 Å². The van der Waals surface area contributed by atoms with Crippen LogP contribution in [0.3, 0.4) is 0 Å². The second-order valence-corrected chi connectivity index (χ2v) is 8.09. The Morgan fingerprint density at radius 2 is 2.00 bits per heavy atom. The number of amides is 2. The van der Waals surface area contributed by atoms with Gasteiger partial charge in [-0.25, -0.2) is 0 Å². The summed E-state index contributed by atoms with van der Waals surface area (Å²) in [5.41, 5.74) is 1.14. The molecular formula is C18H23N3O2S. The topological polar surface area (TPSA) is 53.5 Å².